The van der Waals surface area contributed by atoms with Crippen LogP contribution in [0.4, 0.5) is 13.2 Å². The number of sulfone groups is 1. The molecule has 0 atom stereocenters. The van der Waals surface area contributed by atoms with Gasteiger partial charge >= 0.3 is 6.18 Å². The van der Waals surface area contributed by atoms with Gasteiger partial charge in [-0.1, -0.05) is 18.2 Å². The molecule has 0 bridgehead atoms. The largest absolute Gasteiger partial charge is 0.434 e. The number of benzene rings is 1. The Kier molecular flexibility index (Phi) is 5.12. The Morgan fingerprint density at radius 1 is 1.00 bits per heavy atom. The van der Waals surface area contributed by atoms with Crippen molar-refractivity contribution >= 4 is 16.0 Å². The molecule has 0 aliphatic rings. The van der Waals surface area contributed by atoms with Crippen LogP contribution in [0.15, 0.2) is 59.8 Å². The van der Waals surface area contributed by atoms with Crippen molar-refractivity contribution < 1.29 is 21.6 Å². The third-order valence-corrected chi connectivity index (χ3v) is 5.12. The number of halogens is 3. The van der Waals surface area contributed by atoms with Crippen LogP contribution in [-0.4, -0.2) is 29.4 Å². The topological polar surface area (TPSA) is 64.8 Å². The van der Waals surface area contributed by atoms with Gasteiger partial charge in [0, 0.05) is 36.0 Å². The number of allylic oxidation sites excluding steroid dienone is 1. The summed E-state index contributed by atoms with van der Waals surface area (Å²) in [5, 5.41) is 4.14. The van der Waals surface area contributed by atoms with Gasteiger partial charge in [0.15, 0.2) is 15.5 Å². The summed E-state index contributed by atoms with van der Waals surface area (Å²) in [6.45, 7) is 1.59. The zero-order valence-electron chi connectivity index (χ0n) is 15.0. The highest BCUT2D eigenvalue weighted by atomic mass is 32.2. The van der Waals surface area contributed by atoms with Gasteiger partial charge in [-0.15, -0.1) is 0 Å². The van der Waals surface area contributed by atoms with Crippen LogP contribution in [0.25, 0.3) is 28.6 Å². The van der Waals surface area contributed by atoms with Gasteiger partial charge in [-0.2, -0.15) is 18.3 Å². The number of hydrogen-bond donors (Lipinski definition) is 0. The second-order valence-electron chi connectivity index (χ2n) is 6.03. The Bertz CT molecular complexity index is 1120. The maximum atomic E-state index is 13.9. The molecule has 0 aliphatic heterocycles. The predicted molar refractivity (Wildman–Crippen MR) is 100 cm³/mol. The lowest BCUT2D eigenvalue weighted by molar-refractivity contribution is -0.142. The number of aromatic nitrogens is 3. The van der Waals surface area contributed by atoms with E-state index in [1.54, 1.807) is 6.92 Å². The molecule has 0 amide bonds. The van der Waals surface area contributed by atoms with Crippen LogP contribution < -0.4 is 0 Å². The van der Waals surface area contributed by atoms with E-state index in [0.717, 1.165) is 10.9 Å². The van der Waals surface area contributed by atoms with E-state index in [2.05, 4.69) is 10.1 Å². The van der Waals surface area contributed by atoms with Crippen molar-refractivity contribution in [3.8, 4) is 22.4 Å². The minimum absolute atomic E-state index is 0.0747. The number of nitrogens with zero attached hydrogens (tertiary/aromatic N) is 3. The second-order valence-corrected chi connectivity index (χ2v) is 8.05. The quantitative estimate of drug-likeness (QED) is 0.638. The molecule has 3 aromatic rings. The first kappa shape index (κ1) is 19.8. The first-order chi connectivity index (χ1) is 13.1. The molecule has 2 heterocycles. The molecular formula is C19H16F3N3O2S. The minimum atomic E-state index is -4.66. The molecule has 0 saturated heterocycles. The molecule has 5 nitrogen and oxygen atoms in total. The third kappa shape index (κ3) is 3.84. The predicted octanol–water partition coefficient (Wildman–Crippen LogP) is 4.53. The summed E-state index contributed by atoms with van der Waals surface area (Å²) >= 11 is 0. The fourth-order valence-electron chi connectivity index (χ4n) is 2.81. The zero-order chi connectivity index (χ0) is 20.5. The highest BCUT2D eigenvalue weighted by molar-refractivity contribution is 7.90. The molecule has 0 spiro atoms. The van der Waals surface area contributed by atoms with Gasteiger partial charge in [0.05, 0.1) is 4.90 Å². The molecule has 0 saturated carbocycles. The molecule has 0 aliphatic carbocycles. The number of rotatable bonds is 4. The van der Waals surface area contributed by atoms with E-state index in [4.69, 9.17) is 0 Å². The average molecular weight is 407 g/mol. The summed E-state index contributed by atoms with van der Waals surface area (Å²) in [5.41, 5.74) is -0.246. The second kappa shape index (κ2) is 7.23. The molecule has 0 unspecified atom stereocenters. The van der Waals surface area contributed by atoms with Crippen molar-refractivity contribution in [2.45, 2.75) is 18.0 Å². The van der Waals surface area contributed by atoms with Gasteiger partial charge in [0.25, 0.3) is 0 Å². The van der Waals surface area contributed by atoms with Crippen LogP contribution in [0, 0.1) is 0 Å². The smallest absolute Gasteiger partial charge is 0.265 e. The fraction of sp³-hybridized carbons (Fsp3) is 0.158. The standard InChI is InChI=1S/C19H16F3N3O2S/c1-3-12-25-18(19(20,21)22)16(13-8-10-23-11-9-13)17(24-25)14-4-6-15(7-5-14)28(2,26)27/h3-12H,1-2H3. The Balaban J connectivity index is 2.32. The van der Waals surface area contributed by atoms with E-state index < -0.39 is 21.7 Å². The van der Waals surface area contributed by atoms with Gasteiger partial charge in [-0.05, 0) is 36.8 Å². The van der Waals surface area contributed by atoms with Gasteiger partial charge in [-0.3, -0.25) is 4.98 Å². The Labute approximate surface area is 160 Å². The van der Waals surface area contributed by atoms with Gasteiger partial charge < -0.3 is 0 Å². The van der Waals surface area contributed by atoms with Crippen molar-refractivity contribution in [3.63, 3.8) is 0 Å². The monoisotopic (exact) mass is 407 g/mol. The summed E-state index contributed by atoms with van der Waals surface area (Å²) in [5.74, 6) is 0. The summed E-state index contributed by atoms with van der Waals surface area (Å²) in [6.07, 6.45) is 1.89. The normalized spacial score (nSPS) is 12.6. The first-order valence-corrected chi connectivity index (χ1v) is 10.1. The van der Waals surface area contributed by atoms with E-state index in [1.165, 1.54) is 61.1 Å². The minimum Gasteiger partial charge on any atom is -0.265 e. The van der Waals surface area contributed by atoms with Crippen LogP contribution in [0.1, 0.15) is 12.6 Å². The van der Waals surface area contributed by atoms with E-state index in [1.807, 2.05) is 0 Å². The van der Waals surface area contributed by atoms with Crippen molar-refractivity contribution in [3.05, 3.63) is 60.6 Å². The van der Waals surface area contributed by atoms with Crippen LogP contribution in [0.3, 0.4) is 0 Å². The zero-order valence-corrected chi connectivity index (χ0v) is 15.8. The molecular weight excluding hydrogens is 391 g/mol. The molecule has 3 rings (SSSR count). The lowest BCUT2D eigenvalue weighted by Crippen LogP contribution is -2.12. The number of hydrogen-bond acceptors (Lipinski definition) is 4. The van der Waals surface area contributed by atoms with Crippen LogP contribution in [0.5, 0.6) is 0 Å². The van der Waals surface area contributed by atoms with Gasteiger partial charge in [0.2, 0.25) is 0 Å². The third-order valence-electron chi connectivity index (χ3n) is 3.99. The molecule has 2 aromatic heterocycles. The molecule has 9 heteroatoms. The SMILES string of the molecule is CC=Cn1nc(-c2ccc(S(C)(=O)=O)cc2)c(-c2ccncc2)c1C(F)(F)F. The Morgan fingerprint density at radius 2 is 1.61 bits per heavy atom. The Hall–Kier alpha value is -2.94. The van der Waals surface area contributed by atoms with Crippen molar-refractivity contribution in [2.24, 2.45) is 0 Å². The van der Waals surface area contributed by atoms with E-state index in [9.17, 15) is 21.6 Å². The molecule has 146 valence electrons. The van der Waals surface area contributed by atoms with E-state index >= 15 is 0 Å². The maximum absolute atomic E-state index is 13.9. The van der Waals surface area contributed by atoms with Crippen molar-refractivity contribution in [1.82, 2.24) is 14.8 Å². The lowest BCUT2D eigenvalue weighted by atomic mass is 9.99. The first-order valence-electron chi connectivity index (χ1n) is 8.16. The lowest BCUT2D eigenvalue weighted by Gasteiger charge is -2.11. The average Bonchev–Trinajstić information content (AvgIpc) is 3.02. The van der Waals surface area contributed by atoms with Crippen LogP contribution >= 0.6 is 0 Å². The fourth-order valence-corrected chi connectivity index (χ4v) is 3.44. The molecule has 0 radical (unpaired) electrons. The van der Waals surface area contributed by atoms with Gasteiger partial charge in [-0.25, -0.2) is 13.1 Å². The summed E-state index contributed by atoms with van der Waals surface area (Å²) in [6, 6.07) is 8.54. The van der Waals surface area contributed by atoms with Crippen molar-refractivity contribution in [2.75, 3.05) is 6.26 Å². The molecule has 28 heavy (non-hydrogen) atoms. The highest BCUT2D eigenvalue weighted by Crippen LogP contribution is 2.42. The summed E-state index contributed by atoms with van der Waals surface area (Å²) in [7, 11) is -3.42. The maximum Gasteiger partial charge on any atom is 0.434 e. The van der Waals surface area contributed by atoms with Crippen LogP contribution in [0.2, 0.25) is 0 Å². The van der Waals surface area contributed by atoms with E-state index in [-0.39, 0.29) is 16.2 Å². The molecule has 0 N–H and O–H groups in total. The summed E-state index contributed by atoms with van der Waals surface area (Å²) in [4.78, 5) is 3.93. The number of alkyl halides is 3. The Morgan fingerprint density at radius 3 is 2.11 bits per heavy atom. The van der Waals surface area contributed by atoms with Crippen molar-refractivity contribution in [1.29, 1.82) is 0 Å². The highest BCUT2D eigenvalue weighted by Gasteiger charge is 2.40. The summed E-state index contributed by atoms with van der Waals surface area (Å²) < 4.78 is 65.7. The molecule has 0 fully saturated rings. The van der Waals surface area contributed by atoms with Gasteiger partial charge in [0.1, 0.15) is 5.69 Å². The van der Waals surface area contributed by atoms with Crippen LogP contribution in [-0.2, 0) is 16.0 Å². The number of pyridine rings is 1. The van der Waals surface area contributed by atoms with E-state index in [0.29, 0.717) is 11.1 Å². The molecule has 1 aromatic carbocycles.